The summed E-state index contributed by atoms with van der Waals surface area (Å²) >= 11 is 3.49. The monoisotopic (exact) mass is 345 g/mol. The van der Waals surface area contributed by atoms with Crippen LogP contribution in [0.5, 0.6) is 5.75 Å². The number of aryl methyl sites for hydroxylation is 1. The molecule has 0 saturated heterocycles. The lowest BCUT2D eigenvalue weighted by Gasteiger charge is -2.22. The zero-order valence-corrected chi connectivity index (χ0v) is 13.8. The summed E-state index contributed by atoms with van der Waals surface area (Å²) in [6.45, 7) is 0.848. The molecule has 2 nitrogen and oxygen atoms in total. The number of hydrogen-bond acceptors (Lipinski definition) is 2. The second-order valence-electron chi connectivity index (χ2n) is 5.49. The molecule has 1 heterocycles. The van der Waals surface area contributed by atoms with E-state index in [-0.39, 0.29) is 0 Å². The van der Waals surface area contributed by atoms with E-state index in [0.29, 0.717) is 6.04 Å². The van der Waals surface area contributed by atoms with Crippen LogP contribution < -0.4 is 10.1 Å². The Bertz CT molecular complexity index is 609. The highest BCUT2D eigenvalue weighted by atomic mass is 79.9. The van der Waals surface area contributed by atoms with Crippen molar-refractivity contribution < 1.29 is 4.74 Å². The predicted octanol–water partition coefficient (Wildman–Crippen LogP) is 4.28. The molecule has 1 unspecified atom stereocenters. The molecule has 3 rings (SSSR count). The smallest absolute Gasteiger partial charge is 0.122 e. The molecule has 1 N–H and O–H groups in total. The van der Waals surface area contributed by atoms with Crippen molar-refractivity contribution in [3.8, 4) is 5.75 Å². The van der Waals surface area contributed by atoms with Crippen LogP contribution in [0, 0.1) is 0 Å². The lowest BCUT2D eigenvalue weighted by atomic mass is 9.95. The number of nitrogens with one attached hydrogen (secondary N) is 1. The Balaban J connectivity index is 1.81. The average Bonchev–Trinajstić information content (AvgIpc) is 2.54. The Morgan fingerprint density at radius 1 is 1.19 bits per heavy atom. The summed E-state index contributed by atoms with van der Waals surface area (Å²) in [5, 5.41) is 3.44. The third-order valence-corrected chi connectivity index (χ3v) is 4.57. The minimum absolute atomic E-state index is 0.332. The Kier molecular flexibility index (Phi) is 4.61. The Labute approximate surface area is 134 Å². The number of benzene rings is 2. The van der Waals surface area contributed by atoms with E-state index in [4.69, 9.17) is 4.74 Å². The van der Waals surface area contributed by atoms with Gasteiger partial charge in [0.15, 0.2) is 0 Å². The first-order chi connectivity index (χ1) is 10.3. The van der Waals surface area contributed by atoms with Crippen LogP contribution in [0.2, 0.25) is 0 Å². The number of hydrogen-bond donors (Lipinski definition) is 1. The largest absolute Gasteiger partial charge is 0.493 e. The lowest BCUT2D eigenvalue weighted by Crippen LogP contribution is -2.19. The third-order valence-electron chi connectivity index (χ3n) is 4.04. The maximum absolute atomic E-state index is 5.70. The molecule has 110 valence electrons. The van der Waals surface area contributed by atoms with Crippen molar-refractivity contribution in [2.45, 2.75) is 25.3 Å². The molecule has 0 saturated carbocycles. The molecule has 21 heavy (non-hydrogen) atoms. The molecule has 0 spiro atoms. The standard InChI is InChI=1S/C18H20BrNO/c1-20-17(11-13-4-7-16(19)8-5-13)14-6-9-18-15(12-14)3-2-10-21-18/h4-9,12,17,20H,2-3,10-11H2,1H3. The van der Waals surface area contributed by atoms with Crippen LogP contribution in [0.25, 0.3) is 0 Å². The van der Waals surface area contributed by atoms with E-state index in [1.807, 2.05) is 7.05 Å². The summed E-state index contributed by atoms with van der Waals surface area (Å²) in [4.78, 5) is 0. The topological polar surface area (TPSA) is 21.3 Å². The number of ether oxygens (including phenoxy) is 1. The molecule has 1 atom stereocenters. The molecule has 0 aliphatic carbocycles. The Morgan fingerprint density at radius 3 is 2.76 bits per heavy atom. The predicted molar refractivity (Wildman–Crippen MR) is 89.9 cm³/mol. The van der Waals surface area contributed by atoms with Gasteiger partial charge in [0, 0.05) is 10.5 Å². The van der Waals surface area contributed by atoms with Gasteiger partial charge < -0.3 is 10.1 Å². The van der Waals surface area contributed by atoms with Crippen LogP contribution in [0.4, 0.5) is 0 Å². The SMILES string of the molecule is CNC(Cc1ccc(Br)cc1)c1ccc2c(c1)CCCO2. The van der Waals surface area contributed by atoms with Crippen molar-refractivity contribution >= 4 is 15.9 Å². The molecule has 0 amide bonds. The van der Waals surface area contributed by atoms with Crippen molar-refractivity contribution in [1.82, 2.24) is 5.32 Å². The molecule has 2 aromatic rings. The molecule has 0 aromatic heterocycles. The van der Waals surface area contributed by atoms with Gasteiger partial charge in [0.2, 0.25) is 0 Å². The summed E-state index contributed by atoms with van der Waals surface area (Å²) in [5.74, 6) is 1.06. The highest BCUT2D eigenvalue weighted by Crippen LogP contribution is 2.29. The molecule has 0 fully saturated rings. The summed E-state index contributed by atoms with van der Waals surface area (Å²) in [6, 6.07) is 15.5. The van der Waals surface area contributed by atoms with E-state index in [2.05, 4.69) is 63.7 Å². The first kappa shape index (κ1) is 14.6. The molecule has 0 radical (unpaired) electrons. The van der Waals surface area contributed by atoms with Crippen molar-refractivity contribution in [3.63, 3.8) is 0 Å². The Morgan fingerprint density at radius 2 is 2.00 bits per heavy atom. The van der Waals surface area contributed by atoms with Gasteiger partial charge in [-0.05, 0) is 61.2 Å². The molecule has 3 heteroatoms. The van der Waals surface area contributed by atoms with Gasteiger partial charge in [0.25, 0.3) is 0 Å². The zero-order valence-electron chi connectivity index (χ0n) is 12.2. The first-order valence-electron chi connectivity index (χ1n) is 7.43. The molecule has 0 bridgehead atoms. The fourth-order valence-electron chi connectivity index (χ4n) is 2.84. The number of fused-ring (bicyclic) bond motifs is 1. The van der Waals surface area contributed by atoms with E-state index < -0.39 is 0 Å². The summed E-state index contributed by atoms with van der Waals surface area (Å²) in [5.41, 5.74) is 4.02. The van der Waals surface area contributed by atoms with E-state index >= 15 is 0 Å². The van der Waals surface area contributed by atoms with Gasteiger partial charge in [-0.1, -0.05) is 40.2 Å². The quantitative estimate of drug-likeness (QED) is 0.892. The molecule has 1 aliphatic heterocycles. The van der Waals surface area contributed by atoms with Gasteiger partial charge >= 0.3 is 0 Å². The summed E-state index contributed by atoms with van der Waals surface area (Å²) < 4.78 is 6.82. The molecule has 2 aromatic carbocycles. The second kappa shape index (κ2) is 6.63. The molecular weight excluding hydrogens is 326 g/mol. The maximum atomic E-state index is 5.70. The summed E-state index contributed by atoms with van der Waals surface area (Å²) in [7, 11) is 2.03. The highest BCUT2D eigenvalue weighted by Gasteiger charge is 2.15. The van der Waals surface area contributed by atoms with Gasteiger partial charge in [-0.2, -0.15) is 0 Å². The lowest BCUT2D eigenvalue weighted by molar-refractivity contribution is 0.288. The normalized spacial score (nSPS) is 15.1. The first-order valence-corrected chi connectivity index (χ1v) is 8.23. The third kappa shape index (κ3) is 3.47. The van der Waals surface area contributed by atoms with Gasteiger partial charge in [0.1, 0.15) is 5.75 Å². The molecule has 1 aliphatic rings. The minimum Gasteiger partial charge on any atom is -0.493 e. The fourth-order valence-corrected chi connectivity index (χ4v) is 3.10. The van der Waals surface area contributed by atoms with Crippen LogP contribution in [0.15, 0.2) is 46.9 Å². The van der Waals surface area contributed by atoms with Crippen LogP contribution in [-0.4, -0.2) is 13.7 Å². The minimum atomic E-state index is 0.332. The van der Waals surface area contributed by atoms with E-state index in [0.717, 1.165) is 36.1 Å². The van der Waals surface area contributed by atoms with E-state index in [1.54, 1.807) is 0 Å². The average molecular weight is 346 g/mol. The van der Waals surface area contributed by atoms with Crippen molar-refractivity contribution in [2.24, 2.45) is 0 Å². The number of likely N-dealkylation sites (N-methyl/N-ethyl adjacent to an activating group) is 1. The highest BCUT2D eigenvalue weighted by molar-refractivity contribution is 9.10. The van der Waals surface area contributed by atoms with Crippen LogP contribution in [0.3, 0.4) is 0 Å². The van der Waals surface area contributed by atoms with Crippen LogP contribution in [-0.2, 0) is 12.8 Å². The number of halogens is 1. The van der Waals surface area contributed by atoms with Gasteiger partial charge in [-0.15, -0.1) is 0 Å². The van der Waals surface area contributed by atoms with Crippen molar-refractivity contribution in [2.75, 3.05) is 13.7 Å². The van der Waals surface area contributed by atoms with Crippen molar-refractivity contribution in [1.29, 1.82) is 0 Å². The van der Waals surface area contributed by atoms with Crippen LogP contribution in [0.1, 0.15) is 29.2 Å². The number of rotatable bonds is 4. The van der Waals surface area contributed by atoms with Gasteiger partial charge in [-0.25, -0.2) is 0 Å². The van der Waals surface area contributed by atoms with Gasteiger partial charge in [-0.3, -0.25) is 0 Å². The fraction of sp³-hybridized carbons (Fsp3) is 0.333. The van der Waals surface area contributed by atoms with Crippen LogP contribution >= 0.6 is 15.9 Å². The zero-order chi connectivity index (χ0) is 14.7. The van der Waals surface area contributed by atoms with Crippen molar-refractivity contribution in [3.05, 3.63) is 63.6 Å². The second-order valence-corrected chi connectivity index (χ2v) is 6.41. The summed E-state index contributed by atoms with van der Waals surface area (Å²) in [6.07, 6.45) is 3.23. The molecular formula is C18H20BrNO. The van der Waals surface area contributed by atoms with E-state index in [9.17, 15) is 0 Å². The van der Waals surface area contributed by atoms with E-state index in [1.165, 1.54) is 16.7 Å². The Hall–Kier alpha value is -1.32. The van der Waals surface area contributed by atoms with Gasteiger partial charge in [0.05, 0.1) is 6.61 Å². The maximum Gasteiger partial charge on any atom is 0.122 e.